The lowest BCUT2D eigenvalue weighted by atomic mass is 9.98. The molecule has 1 N–H and O–H groups in total. The van der Waals surface area contributed by atoms with E-state index in [4.69, 9.17) is 5.26 Å². The van der Waals surface area contributed by atoms with Gasteiger partial charge in [0.05, 0.1) is 23.9 Å². The maximum absolute atomic E-state index is 12.6. The Morgan fingerprint density at radius 2 is 2.14 bits per heavy atom. The zero-order valence-corrected chi connectivity index (χ0v) is 13.6. The molecule has 0 saturated carbocycles. The molecule has 7 heteroatoms. The summed E-state index contributed by atoms with van der Waals surface area (Å²) in [5.74, 6) is 1.79. The molecule has 0 aromatic carbocycles. The molecule has 0 aromatic rings. The standard InChI is InChI=1S/C15H22N4O2S/c1-10-12(14(20)18-5-6-22-9-18)7-13(17-10)15(21)19-4-2-3-11(19)8-16/h10-13,17H,2-7,9H2,1H3/t10-,11-,12-,13-/m0/s1. The van der Waals surface area contributed by atoms with Crippen molar-refractivity contribution >= 4 is 23.6 Å². The van der Waals surface area contributed by atoms with E-state index in [0.29, 0.717) is 13.0 Å². The van der Waals surface area contributed by atoms with Crippen molar-refractivity contribution in [2.24, 2.45) is 5.92 Å². The summed E-state index contributed by atoms with van der Waals surface area (Å²) in [4.78, 5) is 28.8. The van der Waals surface area contributed by atoms with Gasteiger partial charge in [0, 0.05) is 24.9 Å². The SMILES string of the molecule is C[C@@H]1N[C@H](C(=O)N2CCC[C@H]2C#N)C[C@@H]1C(=O)N1CCSC1. The molecule has 0 radical (unpaired) electrons. The topological polar surface area (TPSA) is 76.4 Å². The van der Waals surface area contributed by atoms with E-state index in [1.807, 2.05) is 11.8 Å². The van der Waals surface area contributed by atoms with Crippen molar-refractivity contribution in [3.8, 4) is 6.07 Å². The Morgan fingerprint density at radius 3 is 2.82 bits per heavy atom. The number of nitriles is 1. The number of amides is 2. The highest BCUT2D eigenvalue weighted by Gasteiger charge is 2.43. The Labute approximate surface area is 135 Å². The van der Waals surface area contributed by atoms with Gasteiger partial charge in [-0.1, -0.05) is 0 Å². The average Bonchev–Trinajstić information content (AvgIpc) is 3.25. The second-order valence-electron chi connectivity index (χ2n) is 6.31. The van der Waals surface area contributed by atoms with Crippen LogP contribution in [-0.4, -0.2) is 64.5 Å². The summed E-state index contributed by atoms with van der Waals surface area (Å²) in [7, 11) is 0. The zero-order valence-electron chi connectivity index (χ0n) is 12.8. The van der Waals surface area contributed by atoms with E-state index in [0.717, 1.165) is 31.0 Å². The van der Waals surface area contributed by atoms with Crippen LogP contribution in [0.5, 0.6) is 0 Å². The Hall–Kier alpha value is -1.26. The van der Waals surface area contributed by atoms with Crippen molar-refractivity contribution in [1.82, 2.24) is 15.1 Å². The molecule has 22 heavy (non-hydrogen) atoms. The Bertz CT molecular complexity index is 500. The maximum atomic E-state index is 12.6. The molecular weight excluding hydrogens is 300 g/mol. The van der Waals surface area contributed by atoms with Crippen molar-refractivity contribution < 1.29 is 9.59 Å². The van der Waals surface area contributed by atoms with Crippen LogP contribution in [0.4, 0.5) is 0 Å². The lowest BCUT2D eigenvalue weighted by molar-refractivity contribution is -0.134. The quantitative estimate of drug-likeness (QED) is 0.796. The lowest BCUT2D eigenvalue weighted by Gasteiger charge is -2.23. The van der Waals surface area contributed by atoms with E-state index < -0.39 is 0 Å². The summed E-state index contributed by atoms with van der Waals surface area (Å²) in [5.41, 5.74) is 0. The number of rotatable bonds is 2. The zero-order chi connectivity index (χ0) is 15.7. The molecule has 3 fully saturated rings. The number of likely N-dealkylation sites (tertiary alicyclic amines) is 1. The molecule has 3 saturated heterocycles. The average molecular weight is 322 g/mol. The van der Waals surface area contributed by atoms with Crippen molar-refractivity contribution in [3.63, 3.8) is 0 Å². The summed E-state index contributed by atoms with van der Waals surface area (Å²) < 4.78 is 0. The van der Waals surface area contributed by atoms with Crippen molar-refractivity contribution in [2.75, 3.05) is 24.7 Å². The van der Waals surface area contributed by atoms with E-state index in [2.05, 4.69) is 11.4 Å². The van der Waals surface area contributed by atoms with Crippen LogP contribution in [0.3, 0.4) is 0 Å². The number of nitrogens with zero attached hydrogens (tertiary/aromatic N) is 3. The van der Waals surface area contributed by atoms with Crippen molar-refractivity contribution in [1.29, 1.82) is 5.26 Å². The van der Waals surface area contributed by atoms with Crippen LogP contribution in [0.15, 0.2) is 0 Å². The number of carbonyl (C=O) groups excluding carboxylic acids is 2. The largest absolute Gasteiger partial charge is 0.332 e. The third kappa shape index (κ3) is 2.82. The normalized spacial score (nSPS) is 34.9. The van der Waals surface area contributed by atoms with E-state index >= 15 is 0 Å². The molecule has 120 valence electrons. The van der Waals surface area contributed by atoms with Crippen LogP contribution < -0.4 is 5.32 Å². The third-order valence-corrected chi connectivity index (χ3v) is 5.89. The first-order valence-corrected chi connectivity index (χ1v) is 9.10. The van der Waals surface area contributed by atoms with Gasteiger partial charge in [-0.3, -0.25) is 9.59 Å². The van der Waals surface area contributed by atoms with Gasteiger partial charge in [-0.2, -0.15) is 5.26 Å². The van der Waals surface area contributed by atoms with Crippen LogP contribution >= 0.6 is 11.8 Å². The highest BCUT2D eigenvalue weighted by atomic mass is 32.2. The number of nitrogens with one attached hydrogen (secondary N) is 1. The highest BCUT2D eigenvalue weighted by Crippen LogP contribution is 2.28. The summed E-state index contributed by atoms with van der Waals surface area (Å²) in [6.45, 7) is 3.45. The van der Waals surface area contributed by atoms with Crippen LogP contribution in [0.1, 0.15) is 26.2 Å². The second-order valence-corrected chi connectivity index (χ2v) is 7.38. The van der Waals surface area contributed by atoms with Gasteiger partial charge in [-0.15, -0.1) is 11.8 Å². The van der Waals surface area contributed by atoms with E-state index in [1.165, 1.54) is 0 Å². The number of thioether (sulfide) groups is 1. The van der Waals surface area contributed by atoms with Gasteiger partial charge in [-0.05, 0) is 26.2 Å². The molecule has 3 aliphatic heterocycles. The molecule has 3 aliphatic rings. The van der Waals surface area contributed by atoms with Gasteiger partial charge < -0.3 is 15.1 Å². The van der Waals surface area contributed by atoms with Crippen LogP contribution in [-0.2, 0) is 9.59 Å². The molecule has 3 rings (SSSR count). The predicted octanol–water partition coefficient (Wildman–Crippen LogP) is 0.400. The van der Waals surface area contributed by atoms with E-state index in [9.17, 15) is 9.59 Å². The molecule has 3 heterocycles. The summed E-state index contributed by atoms with van der Waals surface area (Å²) in [5, 5.41) is 12.4. The Kier molecular flexibility index (Phi) is 4.59. The van der Waals surface area contributed by atoms with Crippen LogP contribution in [0.2, 0.25) is 0 Å². The fraction of sp³-hybridized carbons (Fsp3) is 0.800. The molecule has 0 spiro atoms. The van der Waals surface area contributed by atoms with Crippen LogP contribution in [0.25, 0.3) is 0 Å². The van der Waals surface area contributed by atoms with Crippen molar-refractivity contribution in [3.05, 3.63) is 0 Å². The molecule has 0 bridgehead atoms. The van der Waals surface area contributed by atoms with Gasteiger partial charge in [0.25, 0.3) is 0 Å². The first-order valence-electron chi connectivity index (χ1n) is 7.94. The van der Waals surface area contributed by atoms with Crippen LogP contribution in [0, 0.1) is 17.2 Å². The molecule has 0 unspecified atom stereocenters. The summed E-state index contributed by atoms with van der Waals surface area (Å²) in [6, 6.07) is 1.59. The number of hydrogen-bond acceptors (Lipinski definition) is 5. The smallest absolute Gasteiger partial charge is 0.240 e. The molecular formula is C15H22N4O2S. The van der Waals surface area contributed by atoms with Gasteiger partial charge in [0.1, 0.15) is 6.04 Å². The predicted molar refractivity (Wildman–Crippen MR) is 83.9 cm³/mol. The first-order chi connectivity index (χ1) is 10.6. The summed E-state index contributed by atoms with van der Waals surface area (Å²) >= 11 is 1.77. The minimum atomic E-state index is -0.326. The van der Waals surface area contributed by atoms with Gasteiger partial charge in [-0.25, -0.2) is 0 Å². The maximum Gasteiger partial charge on any atom is 0.240 e. The highest BCUT2D eigenvalue weighted by molar-refractivity contribution is 7.99. The monoisotopic (exact) mass is 322 g/mol. The fourth-order valence-corrected chi connectivity index (χ4v) is 4.59. The minimum absolute atomic E-state index is 0.00943. The Morgan fingerprint density at radius 1 is 1.32 bits per heavy atom. The molecule has 4 atom stereocenters. The summed E-state index contributed by atoms with van der Waals surface area (Å²) in [6.07, 6.45) is 2.20. The number of hydrogen-bond donors (Lipinski definition) is 1. The number of carbonyl (C=O) groups is 2. The van der Waals surface area contributed by atoms with Gasteiger partial charge in [0.15, 0.2) is 0 Å². The van der Waals surface area contributed by atoms with E-state index in [-0.39, 0.29) is 35.9 Å². The Balaban J connectivity index is 1.64. The third-order valence-electron chi connectivity index (χ3n) is 4.92. The minimum Gasteiger partial charge on any atom is -0.332 e. The molecule has 0 aromatic heterocycles. The van der Waals surface area contributed by atoms with Crippen molar-refractivity contribution in [2.45, 2.75) is 44.3 Å². The molecule has 2 amide bonds. The first kappa shape index (κ1) is 15.6. The van der Waals surface area contributed by atoms with E-state index in [1.54, 1.807) is 16.7 Å². The molecule has 6 nitrogen and oxygen atoms in total. The van der Waals surface area contributed by atoms with Gasteiger partial charge >= 0.3 is 0 Å². The molecule has 0 aliphatic carbocycles. The van der Waals surface area contributed by atoms with Gasteiger partial charge in [0.2, 0.25) is 11.8 Å². The lowest BCUT2D eigenvalue weighted by Crippen LogP contribution is -2.46. The fourth-order valence-electron chi connectivity index (χ4n) is 3.63. The second kappa shape index (κ2) is 6.47.